The number of nitrogens with zero attached hydrogens (tertiary/aromatic N) is 5. The van der Waals surface area contributed by atoms with Crippen LogP contribution in [0.25, 0.3) is 16.9 Å². The van der Waals surface area contributed by atoms with Crippen LogP contribution in [0.5, 0.6) is 5.75 Å². The van der Waals surface area contributed by atoms with E-state index in [2.05, 4.69) is 60.3 Å². The number of benzene rings is 1. The number of aromatic nitrogens is 4. The number of anilines is 1. The van der Waals surface area contributed by atoms with E-state index in [-0.39, 0.29) is 11.1 Å². The van der Waals surface area contributed by atoms with Gasteiger partial charge in [-0.3, -0.25) is 0 Å². The molecule has 0 radical (unpaired) electrons. The van der Waals surface area contributed by atoms with Gasteiger partial charge in [-0.1, -0.05) is 0 Å². The highest BCUT2D eigenvalue weighted by atomic mass is 16.5. The van der Waals surface area contributed by atoms with Gasteiger partial charge < -0.3 is 15.0 Å². The summed E-state index contributed by atoms with van der Waals surface area (Å²) in [6.45, 7) is 9.07. The lowest BCUT2D eigenvalue weighted by Gasteiger charge is -2.49. The SMILES string of the molecule is COc1cc(-n2cccn2)ccc1-c1ccc(N(C)C2CC(C)(C)NC(C)(C)C2)nn1. The summed E-state index contributed by atoms with van der Waals surface area (Å²) in [4.78, 5) is 2.26. The van der Waals surface area contributed by atoms with E-state index in [0.717, 1.165) is 41.4 Å². The molecule has 0 bridgehead atoms. The van der Waals surface area contributed by atoms with Crippen molar-refractivity contribution in [3.05, 3.63) is 48.8 Å². The standard InChI is InChI=1S/C24H32N6O/c1-23(2)15-18(16-24(3,4)28-23)29(5)22-11-10-20(26-27-22)19-9-8-17(14-21(19)31-6)30-13-7-12-25-30/h7-14,18,28H,15-16H2,1-6H3. The molecule has 3 aromatic rings. The number of hydrogen-bond donors (Lipinski definition) is 1. The molecule has 1 fully saturated rings. The van der Waals surface area contributed by atoms with Crippen molar-refractivity contribution in [2.75, 3.05) is 19.1 Å². The molecule has 1 aromatic carbocycles. The minimum atomic E-state index is 0.0811. The van der Waals surface area contributed by atoms with Crippen LogP contribution in [-0.2, 0) is 0 Å². The molecule has 0 saturated carbocycles. The second-order valence-electron chi connectivity index (χ2n) is 9.68. The van der Waals surface area contributed by atoms with Gasteiger partial charge in [0.25, 0.3) is 0 Å². The summed E-state index contributed by atoms with van der Waals surface area (Å²) in [6.07, 6.45) is 5.77. The van der Waals surface area contributed by atoms with Crippen LogP contribution in [-0.4, -0.2) is 51.3 Å². The maximum Gasteiger partial charge on any atom is 0.151 e. The molecular formula is C24H32N6O. The molecule has 7 nitrogen and oxygen atoms in total. The van der Waals surface area contributed by atoms with Crippen LogP contribution in [0.2, 0.25) is 0 Å². The molecular weight excluding hydrogens is 388 g/mol. The molecule has 1 N–H and O–H groups in total. The summed E-state index contributed by atoms with van der Waals surface area (Å²) in [5, 5.41) is 17.1. The first kappa shape index (κ1) is 21.3. The Hall–Kier alpha value is -2.93. The predicted octanol–water partition coefficient (Wildman–Crippen LogP) is 4.08. The van der Waals surface area contributed by atoms with Crippen molar-refractivity contribution >= 4 is 5.82 Å². The topological polar surface area (TPSA) is 68.1 Å². The summed E-state index contributed by atoms with van der Waals surface area (Å²) in [6, 6.07) is 12.3. The van der Waals surface area contributed by atoms with Gasteiger partial charge in [-0.25, -0.2) is 4.68 Å². The van der Waals surface area contributed by atoms with Gasteiger partial charge in [-0.15, -0.1) is 10.2 Å². The summed E-state index contributed by atoms with van der Waals surface area (Å²) in [5.41, 5.74) is 2.79. The Bertz CT molecular complexity index is 1010. The van der Waals surface area contributed by atoms with Gasteiger partial charge in [-0.05, 0) is 70.9 Å². The quantitative estimate of drug-likeness (QED) is 0.671. The van der Waals surface area contributed by atoms with Crippen molar-refractivity contribution in [2.45, 2.75) is 57.7 Å². The third-order valence-corrected chi connectivity index (χ3v) is 5.96. The normalized spacial score (nSPS) is 18.0. The molecule has 4 rings (SSSR count). The van der Waals surface area contributed by atoms with E-state index in [1.807, 2.05) is 42.6 Å². The first-order valence-electron chi connectivity index (χ1n) is 10.7. The Morgan fingerprint density at radius 1 is 1.06 bits per heavy atom. The first-order chi connectivity index (χ1) is 14.7. The number of nitrogens with one attached hydrogen (secondary N) is 1. The van der Waals surface area contributed by atoms with E-state index < -0.39 is 0 Å². The van der Waals surface area contributed by atoms with Crippen molar-refractivity contribution in [3.8, 4) is 22.7 Å². The van der Waals surface area contributed by atoms with Crippen molar-refractivity contribution in [1.82, 2.24) is 25.3 Å². The Morgan fingerprint density at radius 2 is 1.81 bits per heavy atom. The van der Waals surface area contributed by atoms with Crippen LogP contribution in [0.4, 0.5) is 5.82 Å². The molecule has 2 aromatic heterocycles. The average Bonchev–Trinajstić information content (AvgIpc) is 3.25. The monoisotopic (exact) mass is 420 g/mol. The lowest BCUT2D eigenvalue weighted by atomic mass is 9.79. The zero-order chi connectivity index (χ0) is 22.2. The number of ether oxygens (including phenoxy) is 1. The molecule has 7 heteroatoms. The molecule has 1 aliphatic rings. The zero-order valence-corrected chi connectivity index (χ0v) is 19.3. The fraction of sp³-hybridized carbons (Fsp3) is 0.458. The van der Waals surface area contributed by atoms with Crippen molar-refractivity contribution in [3.63, 3.8) is 0 Å². The molecule has 0 spiro atoms. The van der Waals surface area contributed by atoms with Crippen LogP contribution < -0.4 is 15.0 Å². The summed E-state index contributed by atoms with van der Waals surface area (Å²) >= 11 is 0. The van der Waals surface area contributed by atoms with Gasteiger partial charge in [0.1, 0.15) is 5.75 Å². The Kier molecular flexibility index (Phi) is 5.47. The fourth-order valence-electron chi connectivity index (χ4n) is 4.84. The van der Waals surface area contributed by atoms with Gasteiger partial charge >= 0.3 is 0 Å². The van der Waals surface area contributed by atoms with E-state index in [1.165, 1.54) is 0 Å². The van der Waals surface area contributed by atoms with E-state index in [0.29, 0.717) is 6.04 Å². The molecule has 1 aliphatic heterocycles. The Morgan fingerprint density at radius 3 is 2.39 bits per heavy atom. The van der Waals surface area contributed by atoms with Crippen molar-refractivity contribution in [2.24, 2.45) is 0 Å². The second-order valence-corrected chi connectivity index (χ2v) is 9.68. The summed E-state index contributed by atoms with van der Waals surface area (Å²) in [5.74, 6) is 1.62. The minimum absolute atomic E-state index is 0.0811. The Balaban J connectivity index is 1.57. The molecule has 1 saturated heterocycles. The lowest BCUT2D eigenvalue weighted by molar-refractivity contribution is 0.160. The van der Waals surface area contributed by atoms with Crippen LogP contribution in [0.3, 0.4) is 0 Å². The van der Waals surface area contributed by atoms with Gasteiger partial charge in [-0.2, -0.15) is 5.10 Å². The van der Waals surface area contributed by atoms with Gasteiger partial charge in [0.2, 0.25) is 0 Å². The molecule has 164 valence electrons. The highest BCUT2D eigenvalue weighted by Gasteiger charge is 2.39. The maximum atomic E-state index is 5.63. The predicted molar refractivity (Wildman–Crippen MR) is 124 cm³/mol. The van der Waals surface area contributed by atoms with E-state index in [1.54, 1.807) is 18.0 Å². The van der Waals surface area contributed by atoms with Crippen LogP contribution in [0, 0.1) is 0 Å². The fourth-order valence-corrected chi connectivity index (χ4v) is 4.84. The minimum Gasteiger partial charge on any atom is -0.496 e. The summed E-state index contributed by atoms with van der Waals surface area (Å²) < 4.78 is 7.43. The summed E-state index contributed by atoms with van der Waals surface area (Å²) in [7, 11) is 3.78. The third-order valence-electron chi connectivity index (χ3n) is 5.96. The molecule has 0 aliphatic carbocycles. The Labute approximate surface area is 184 Å². The first-order valence-corrected chi connectivity index (χ1v) is 10.7. The number of piperidine rings is 1. The molecule has 0 atom stereocenters. The number of rotatable bonds is 5. The van der Waals surface area contributed by atoms with Gasteiger partial charge in [0.15, 0.2) is 5.82 Å². The van der Waals surface area contributed by atoms with Crippen molar-refractivity contribution in [1.29, 1.82) is 0 Å². The average molecular weight is 421 g/mol. The molecule has 3 heterocycles. The van der Waals surface area contributed by atoms with Gasteiger partial charge in [0.05, 0.1) is 18.5 Å². The molecule has 0 amide bonds. The maximum absolute atomic E-state index is 5.63. The lowest BCUT2D eigenvalue weighted by Crippen LogP contribution is -2.62. The van der Waals surface area contributed by atoms with Crippen LogP contribution in [0.1, 0.15) is 40.5 Å². The van der Waals surface area contributed by atoms with E-state index in [9.17, 15) is 0 Å². The third kappa shape index (κ3) is 4.56. The molecule has 31 heavy (non-hydrogen) atoms. The highest BCUT2D eigenvalue weighted by molar-refractivity contribution is 5.69. The van der Waals surface area contributed by atoms with Crippen molar-refractivity contribution < 1.29 is 4.74 Å². The van der Waals surface area contributed by atoms with Gasteiger partial charge in [0, 0.05) is 48.2 Å². The highest BCUT2D eigenvalue weighted by Crippen LogP contribution is 2.34. The van der Waals surface area contributed by atoms with Crippen LogP contribution in [0.15, 0.2) is 48.8 Å². The van der Waals surface area contributed by atoms with E-state index >= 15 is 0 Å². The number of hydrogen-bond acceptors (Lipinski definition) is 6. The van der Waals surface area contributed by atoms with E-state index in [4.69, 9.17) is 4.74 Å². The van der Waals surface area contributed by atoms with Crippen LogP contribution >= 0.6 is 0 Å². The largest absolute Gasteiger partial charge is 0.496 e. The number of methoxy groups -OCH3 is 1. The zero-order valence-electron chi connectivity index (χ0n) is 19.3. The molecule has 0 unspecified atom stereocenters. The smallest absolute Gasteiger partial charge is 0.151 e. The second kappa shape index (κ2) is 7.96.